The Bertz CT molecular complexity index is 492. The zero-order chi connectivity index (χ0) is 11.4. The first-order valence-corrected chi connectivity index (χ1v) is 6.14. The highest BCUT2D eigenvalue weighted by molar-refractivity contribution is 8.00. The Kier molecular flexibility index (Phi) is 3.51. The molecule has 1 aromatic heterocycles. The van der Waals surface area contributed by atoms with Crippen LogP contribution in [0.3, 0.4) is 0 Å². The number of para-hydroxylation sites is 1. The van der Waals surface area contributed by atoms with Crippen molar-refractivity contribution in [2.75, 3.05) is 12.4 Å². The van der Waals surface area contributed by atoms with E-state index in [1.165, 1.54) is 11.8 Å². The van der Waals surface area contributed by atoms with Gasteiger partial charge < -0.3 is 9.72 Å². The van der Waals surface area contributed by atoms with E-state index in [-0.39, 0.29) is 5.97 Å². The van der Waals surface area contributed by atoms with Crippen molar-refractivity contribution in [2.24, 2.45) is 0 Å². The van der Waals surface area contributed by atoms with Gasteiger partial charge in [0, 0.05) is 22.0 Å². The van der Waals surface area contributed by atoms with Crippen LogP contribution in [0.4, 0.5) is 0 Å². The molecule has 4 heteroatoms. The number of fused-ring (bicyclic) bond motifs is 1. The van der Waals surface area contributed by atoms with Crippen molar-refractivity contribution >= 4 is 28.6 Å². The van der Waals surface area contributed by atoms with Gasteiger partial charge in [-0.15, -0.1) is 11.8 Å². The number of ether oxygens (including phenoxy) is 1. The maximum absolute atomic E-state index is 11.2. The summed E-state index contributed by atoms with van der Waals surface area (Å²) >= 11 is 1.50. The molecule has 2 aromatic rings. The number of aromatic nitrogens is 1. The van der Waals surface area contributed by atoms with Crippen molar-refractivity contribution in [3.05, 3.63) is 30.5 Å². The van der Waals surface area contributed by atoms with Crippen LogP contribution in [-0.2, 0) is 9.53 Å². The number of aromatic amines is 1. The molecule has 0 spiro atoms. The van der Waals surface area contributed by atoms with E-state index in [1.807, 2.05) is 37.4 Å². The van der Waals surface area contributed by atoms with Crippen LogP contribution in [0.2, 0.25) is 0 Å². The molecule has 0 unspecified atom stereocenters. The van der Waals surface area contributed by atoms with Gasteiger partial charge in [-0.1, -0.05) is 18.2 Å². The van der Waals surface area contributed by atoms with Crippen LogP contribution < -0.4 is 0 Å². The maximum Gasteiger partial charge on any atom is 0.316 e. The monoisotopic (exact) mass is 235 g/mol. The lowest BCUT2D eigenvalue weighted by atomic mass is 10.2. The van der Waals surface area contributed by atoms with Gasteiger partial charge in [-0.05, 0) is 13.0 Å². The molecule has 2 rings (SSSR count). The number of benzene rings is 1. The van der Waals surface area contributed by atoms with Gasteiger partial charge in [0.15, 0.2) is 0 Å². The summed E-state index contributed by atoms with van der Waals surface area (Å²) in [6.45, 7) is 2.25. The Labute approximate surface area is 98.2 Å². The van der Waals surface area contributed by atoms with Gasteiger partial charge in [-0.3, -0.25) is 4.79 Å². The number of carbonyl (C=O) groups is 1. The van der Waals surface area contributed by atoms with Gasteiger partial charge in [0.25, 0.3) is 0 Å². The zero-order valence-corrected chi connectivity index (χ0v) is 9.84. The number of rotatable bonds is 4. The maximum atomic E-state index is 11.2. The second kappa shape index (κ2) is 5.07. The molecule has 0 bridgehead atoms. The summed E-state index contributed by atoms with van der Waals surface area (Å²) in [6.07, 6.45) is 1.93. The number of hydrogen-bond acceptors (Lipinski definition) is 3. The van der Waals surface area contributed by atoms with Gasteiger partial charge in [0.1, 0.15) is 0 Å². The third-order valence-corrected chi connectivity index (χ3v) is 3.23. The fraction of sp³-hybridized carbons (Fsp3) is 0.250. The van der Waals surface area contributed by atoms with Crippen molar-refractivity contribution in [3.8, 4) is 0 Å². The Balaban J connectivity index is 2.07. The third-order valence-electron chi connectivity index (χ3n) is 2.20. The Morgan fingerprint density at radius 1 is 1.44 bits per heavy atom. The number of hydrogen-bond donors (Lipinski definition) is 1. The van der Waals surface area contributed by atoms with Crippen molar-refractivity contribution in [2.45, 2.75) is 11.8 Å². The molecule has 0 aliphatic carbocycles. The number of H-pyrrole nitrogens is 1. The number of carbonyl (C=O) groups excluding carboxylic acids is 1. The third kappa shape index (κ3) is 2.39. The van der Waals surface area contributed by atoms with E-state index in [2.05, 4.69) is 4.98 Å². The summed E-state index contributed by atoms with van der Waals surface area (Å²) in [5.41, 5.74) is 1.09. The second-order valence-corrected chi connectivity index (χ2v) is 4.31. The first-order chi connectivity index (χ1) is 7.81. The van der Waals surface area contributed by atoms with Crippen LogP contribution in [0.15, 0.2) is 35.4 Å². The average Bonchev–Trinajstić information content (AvgIpc) is 2.70. The smallest absolute Gasteiger partial charge is 0.316 e. The number of esters is 1. The van der Waals surface area contributed by atoms with Gasteiger partial charge >= 0.3 is 5.97 Å². The molecule has 0 radical (unpaired) electrons. The molecule has 0 amide bonds. The molecule has 0 atom stereocenters. The summed E-state index contributed by atoms with van der Waals surface area (Å²) in [6, 6.07) is 8.03. The predicted molar refractivity (Wildman–Crippen MR) is 65.7 cm³/mol. The van der Waals surface area contributed by atoms with E-state index in [0.717, 1.165) is 15.8 Å². The van der Waals surface area contributed by atoms with E-state index in [4.69, 9.17) is 4.74 Å². The summed E-state index contributed by atoms with van der Waals surface area (Å²) in [4.78, 5) is 15.5. The molecule has 84 valence electrons. The standard InChI is InChI=1S/C12H13NO2S/c1-2-15-12(14)8-16-11-7-13-10-6-4-3-5-9(10)11/h3-7,13H,2,8H2,1H3. The molecule has 0 aliphatic rings. The highest BCUT2D eigenvalue weighted by atomic mass is 32.2. The lowest BCUT2D eigenvalue weighted by Crippen LogP contribution is -2.06. The molecule has 3 nitrogen and oxygen atoms in total. The summed E-state index contributed by atoms with van der Waals surface area (Å²) in [5, 5.41) is 1.15. The van der Waals surface area contributed by atoms with Crippen molar-refractivity contribution in [1.82, 2.24) is 4.98 Å². The number of nitrogens with one attached hydrogen (secondary N) is 1. The molecule has 1 N–H and O–H groups in total. The van der Waals surface area contributed by atoms with E-state index >= 15 is 0 Å². The molecule has 0 aliphatic heterocycles. The van der Waals surface area contributed by atoms with Crippen LogP contribution >= 0.6 is 11.8 Å². The second-order valence-electron chi connectivity index (χ2n) is 3.29. The molecule has 0 saturated carbocycles. The highest BCUT2D eigenvalue weighted by Crippen LogP contribution is 2.27. The molecular weight excluding hydrogens is 222 g/mol. The summed E-state index contributed by atoms with van der Waals surface area (Å²) in [5.74, 6) is 0.188. The zero-order valence-electron chi connectivity index (χ0n) is 9.03. The predicted octanol–water partition coefficient (Wildman–Crippen LogP) is 2.82. The first kappa shape index (κ1) is 11.1. The first-order valence-electron chi connectivity index (χ1n) is 5.16. The quantitative estimate of drug-likeness (QED) is 0.654. The largest absolute Gasteiger partial charge is 0.465 e. The van der Waals surface area contributed by atoms with Gasteiger partial charge in [-0.25, -0.2) is 0 Å². The number of thioether (sulfide) groups is 1. The van der Waals surface area contributed by atoms with Crippen molar-refractivity contribution in [3.63, 3.8) is 0 Å². The fourth-order valence-electron chi connectivity index (χ4n) is 1.50. The van der Waals surface area contributed by atoms with Crippen LogP contribution in [0.5, 0.6) is 0 Å². The van der Waals surface area contributed by atoms with Gasteiger partial charge in [0.05, 0.1) is 12.4 Å². The van der Waals surface area contributed by atoms with Crippen LogP contribution in [-0.4, -0.2) is 23.3 Å². The summed E-state index contributed by atoms with van der Waals surface area (Å²) in [7, 11) is 0. The van der Waals surface area contributed by atoms with Gasteiger partial charge in [0.2, 0.25) is 0 Å². The van der Waals surface area contributed by atoms with E-state index < -0.39 is 0 Å². The van der Waals surface area contributed by atoms with Crippen LogP contribution in [0.1, 0.15) is 6.92 Å². The van der Waals surface area contributed by atoms with E-state index in [1.54, 1.807) is 0 Å². The van der Waals surface area contributed by atoms with Crippen LogP contribution in [0, 0.1) is 0 Å². The van der Waals surface area contributed by atoms with E-state index in [0.29, 0.717) is 12.4 Å². The molecule has 0 saturated heterocycles. The fourth-order valence-corrected chi connectivity index (χ4v) is 2.34. The topological polar surface area (TPSA) is 42.1 Å². The van der Waals surface area contributed by atoms with E-state index in [9.17, 15) is 4.79 Å². The van der Waals surface area contributed by atoms with Crippen LogP contribution in [0.25, 0.3) is 10.9 Å². The minimum absolute atomic E-state index is 0.169. The lowest BCUT2D eigenvalue weighted by Gasteiger charge is -2.00. The normalized spacial score (nSPS) is 10.6. The summed E-state index contributed by atoms with van der Waals surface area (Å²) < 4.78 is 4.88. The van der Waals surface area contributed by atoms with Crippen molar-refractivity contribution < 1.29 is 9.53 Å². The minimum atomic E-state index is -0.169. The minimum Gasteiger partial charge on any atom is -0.465 e. The molecule has 1 aromatic carbocycles. The molecule has 1 heterocycles. The highest BCUT2D eigenvalue weighted by Gasteiger charge is 2.07. The van der Waals surface area contributed by atoms with Crippen molar-refractivity contribution in [1.29, 1.82) is 0 Å². The van der Waals surface area contributed by atoms with Gasteiger partial charge in [-0.2, -0.15) is 0 Å². The SMILES string of the molecule is CCOC(=O)CSc1c[nH]c2ccccc12. The molecular formula is C12H13NO2S. The Hall–Kier alpha value is -1.42. The Morgan fingerprint density at radius 2 is 2.25 bits per heavy atom. The molecule has 16 heavy (non-hydrogen) atoms. The Morgan fingerprint density at radius 3 is 3.06 bits per heavy atom. The molecule has 0 fully saturated rings. The lowest BCUT2D eigenvalue weighted by molar-refractivity contribution is -0.139. The average molecular weight is 235 g/mol.